The summed E-state index contributed by atoms with van der Waals surface area (Å²) < 4.78 is 5.00. The van der Waals surface area contributed by atoms with E-state index in [1.807, 2.05) is 14.0 Å². The van der Waals surface area contributed by atoms with Crippen LogP contribution in [0, 0.1) is 12.8 Å². The molecule has 1 N–H and O–H groups in total. The van der Waals surface area contributed by atoms with Crippen LogP contribution in [0.1, 0.15) is 35.8 Å². The smallest absolute Gasteiger partial charge is 0.341 e. The molecule has 0 saturated carbocycles. The van der Waals surface area contributed by atoms with Gasteiger partial charge in [-0.1, -0.05) is 0 Å². The number of rotatable bonds is 5. The average Bonchev–Trinajstić information content (AvgIpc) is 2.48. The molecule has 0 amide bonds. The van der Waals surface area contributed by atoms with Crippen LogP contribution in [0.3, 0.4) is 0 Å². The van der Waals surface area contributed by atoms with E-state index in [1.165, 1.54) is 6.42 Å². The van der Waals surface area contributed by atoms with Crippen molar-refractivity contribution in [3.63, 3.8) is 0 Å². The number of piperidine rings is 1. The highest BCUT2D eigenvalue weighted by Crippen LogP contribution is 2.20. The van der Waals surface area contributed by atoms with Crippen molar-refractivity contribution in [2.75, 3.05) is 38.2 Å². The van der Waals surface area contributed by atoms with Crippen molar-refractivity contribution in [2.45, 2.75) is 26.7 Å². The van der Waals surface area contributed by atoms with Crippen molar-refractivity contribution in [1.29, 1.82) is 0 Å². The summed E-state index contributed by atoms with van der Waals surface area (Å²) in [5.74, 6) is 0.979. The van der Waals surface area contributed by atoms with E-state index < -0.39 is 0 Å². The van der Waals surface area contributed by atoms with Crippen LogP contribution in [0.5, 0.6) is 0 Å². The average molecular weight is 292 g/mol. The zero-order chi connectivity index (χ0) is 15.2. The Labute approximate surface area is 125 Å². The number of aryl methyl sites for hydroxylation is 1. The molecule has 0 bridgehead atoms. The quantitative estimate of drug-likeness (QED) is 0.827. The first-order valence-electron chi connectivity index (χ1n) is 7.56. The zero-order valence-corrected chi connectivity index (χ0v) is 13.1. The molecule has 2 rings (SSSR count). The molecule has 6 nitrogen and oxygen atoms in total. The molecule has 0 radical (unpaired) electrons. The number of aromatic nitrogens is 2. The van der Waals surface area contributed by atoms with E-state index in [1.54, 1.807) is 13.1 Å². The van der Waals surface area contributed by atoms with E-state index in [0.717, 1.165) is 26.1 Å². The molecule has 1 saturated heterocycles. The lowest BCUT2D eigenvalue weighted by Crippen LogP contribution is -2.40. The number of hydrogen-bond acceptors (Lipinski definition) is 6. The molecular formula is C15H24N4O2. The van der Waals surface area contributed by atoms with Gasteiger partial charge < -0.3 is 15.0 Å². The molecule has 0 aromatic carbocycles. The lowest BCUT2D eigenvalue weighted by atomic mass is 9.98. The molecule has 6 heteroatoms. The monoisotopic (exact) mass is 292 g/mol. The summed E-state index contributed by atoms with van der Waals surface area (Å²) >= 11 is 0. The summed E-state index contributed by atoms with van der Waals surface area (Å²) in [6.07, 6.45) is 3.96. The number of hydrogen-bond donors (Lipinski definition) is 1. The van der Waals surface area contributed by atoms with Gasteiger partial charge in [0.25, 0.3) is 0 Å². The minimum absolute atomic E-state index is 0.353. The van der Waals surface area contributed by atoms with Crippen LogP contribution in [0.25, 0.3) is 0 Å². The Morgan fingerprint density at radius 2 is 2.38 bits per heavy atom. The minimum Gasteiger partial charge on any atom is -0.462 e. The Kier molecular flexibility index (Phi) is 5.50. The van der Waals surface area contributed by atoms with Gasteiger partial charge in [0.05, 0.1) is 17.9 Å². The SMILES string of the molecule is CCOC(=O)c1cnc(N2CCCC(CNC)C2)nc1C. The van der Waals surface area contributed by atoms with Crippen LogP contribution >= 0.6 is 0 Å². The molecule has 1 aliphatic rings. The summed E-state index contributed by atoms with van der Waals surface area (Å²) in [6, 6.07) is 0. The van der Waals surface area contributed by atoms with Crippen LogP contribution in [-0.4, -0.2) is 49.2 Å². The second kappa shape index (κ2) is 7.36. The van der Waals surface area contributed by atoms with Gasteiger partial charge in [0.1, 0.15) is 0 Å². The van der Waals surface area contributed by atoms with Gasteiger partial charge in [-0.05, 0) is 46.2 Å². The van der Waals surface area contributed by atoms with Crippen molar-refractivity contribution < 1.29 is 9.53 Å². The normalized spacial score (nSPS) is 18.6. The molecule has 1 aromatic heterocycles. The van der Waals surface area contributed by atoms with Crippen LogP contribution < -0.4 is 10.2 Å². The first kappa shape index (κ1) is 15.7. The van der Waals surface area contributed by atoms with Gasteiger partial charge >= 0.3 is 5.97 Å². The summed E-state index contributed by atoms with van der Waals surface area (Å²) in [7, 11) is 1.98. The Balaban J connectivity index is 2.10. The van der Waals surface area contributed by atoms with Crippen LogP contribution in [-0.2, 0) is 4.74 Å². The van der Waals surface area contributed by atoms with Gasteiger partial charge in [-0.2, -0.15) is 0 Å². The molecule has 1 aliphatic heterocycles. The van der Waals surface area contributed by atoms with Crippen molar-refractivity contribution in [3.8, 4) is 0 Å². The highest BCUT2D eigenvalue weighted by Gasteiger charge is 2.22. The van der Waals surface area contributed by atoms with Crippen molar-refractivity contribution >= 4 is 11.9 Å². The Morgan fingerprint density at radius 1 is 1.57 bits per heavy atom. The van der Waals surface area contributed by atoms with Gasteiger partial charge in [-0.3, -0.25) is 0 Å². The maximum atomic E-state index is 11.8. The van der Waals surface area contributed by atoms with E-state index >= 15 is 0 Å². The first-order chi connectivity index (χ1) is 10.2. The van der Waals surface area contributed by atoms with Crippen LogP contribution in [0.4, 0.5) is 5.95 Å². The Morgan fingerprint density at radius 3 is 3.05 bits per heavy atom. The van der Waals surface area contributed by atoms with E-state index in [0.29, 0.717) is 29.7 Å². The fraction of sp³-hybridized carbons (Fsp3) is 0.667. The minimum atomic E-state index is -0.353. The van der Waals surface area contributed by atoms with Gasteiger partial charge in [0, 0.05) is 19.3 Å². The third-order valence-electron chi connectivity index (χ3n) is 3.76. The van der Waals surface area contributed by atoms with Crippen molar-refractivity contribution in [2.24, 2.45) is 5.92 Å². The lowest BCUT2D eigenvalue weighted by molar-refractivity contribution is 0.0524. The summed E-state index contributed by atoms with van der Waals surface area (Å²) in [4.78, 5) is 22.8. The lowest BCUT2D eigenvalue weighted by Gasteiger charge is -2.32. The molecule has 1 fully saturated rings. The maximum Gasteiger partial charge on any atom is 0.341 e. The predicted octanol–water partition coefficient (Wildman–Crippen LogP) is 1.40. The number of carbonyl (C=O) groups is 1. The second-order valence-corrected chi connectivity index (χ2v) is 5.40. The predicted molar refractivity (Wildman–Crippen MR) is 81.6 cm³/mol. The Bertz CT molecular complexity index is 491. The van der Waals surface area contributed by atoms with E-state index in [2.05, 4.69) is 20.2 Å². The molecule has 1 unspecified atom stereocenters. The van der Waals surface area contributed by atoms with E-state index in [-0.39, 0.29) is 5.97 Å². The third kappa shape index (κ3) is 3.91. The first-order valence-corrected chi connectivity index (χ1v) is 7.56. The fourth-order valence-electron chi connectivity index (χ4n) is 2.72. The summed E-state index contributed by atoms with van der Waals surface area (Å²) in [5, 5.41) is 3.23. The van der Waals surface area contributed by atoms with Crippen LogP contribution in [0.15, 0.2) is 6.20 Å². The van der Waals surface area contributed by atoms with Gasteiger partial charge in [0.2, 0.25) is 5.95 Å². The Hall–Kier alpha value is -1.69. The number of carbonyl (C=O) groups excluding carboxylic acids is 1. The standard InChI is InChI=1S/C15H24N4O2/c1-4-21-14(20)13-9-17-15(18-11(13)2)19-7-5-6-12(10-19)8-16-3/h9,12,16H,4-8,10H2,1-3H3. The molecule has 116 valence electrons. The molecular weight excluding hydrogens is 268 g/mol. The van der Waals surface area contributed by atoms with E-state index in [4.69, 9.17) is 4.74 Å². The zero-order valence-electron chi connectivity index (χ0n) is 13.1. The number of nitrogens with zero attached hydrogens (tertiary/aromatic N) is 3. The van der Waals surface area contributed by atoms with Gasteiger partial charge in [-0.15, -0.1) is 0 Å². The maximum absolute atomic E-state index is 11.8. The molecule has 1 atom stereocenters. The van der Waals surface area contributed by atoms with Crippen molar-refractivity contribution in [3.05, 3.63) is 17.5 Å². The van der Waals surface area contributed by atoms with Crippen molar-refractivity contribution in [1.82, 2.24) is 15.3 Å². The van der Waals surface area contributed by atoms with E-state index in [9.17, 15) is 4.79 Å². The molecule has 1 aromatic rings. The molecule has 0 spiro atoms. The third-order valence-corrected chi connectivity index (χ3v) is 3.76. The molecule has 21 heavy (non-hydrogen) atoms. The highest BCUT2D eigenvalue weighted by molar-refractivity contribution is 5.90. The molecule has 2 heterocycles. The van der Waals surface area contributed by atoms with Gasteiger partial charge in [0.15, 0.2) is 0 Å². The summed E-state index contributed by atoms with van der Waals surface area (Å²) in [5.41, 5.74) is 1.12. The highest BCUT2D eigenvalue weighted by atomic mass is 16.5. The number of anilines is 1. The number of esters is 1. The van der Waals surface area contributed by atoms with Gasteiger partial charge in [-0.25, -0.2) is 14.8 Å². The fourth-order valence-corrected chi connectivity index (χ4v) is 2.72. The number of nitrogens with one attached hydrogen (secondary N) is 1. The largest absolute Gasteiger partial charge is 0.462 e. The number of ether oxygens (including phenoxy) is 1. The second-order valence-electron chi connectivity index (χ2n) is 5.40. The molecule has 0 aliphatic carbocycles. The summed E-state index contributed by atoms with van der Waals surface area (Å²) in [6.45, 7) is 6.91. The van der Waals surface area contributed by atoms with Crippen LogP contribution in [0.2, 0.25) is 0 Å². The topological polar surface area (TPSA) is 67.3 Å².